The summed E-state index contributed by atoms with van der Waals surface area (Å²) in [5.41, 5.74) is 0. The average molecular weight is 278 g/mol. The van der Waals surface area contributed by atoms with Crippen molar-refractivity contribution in [3.05, 3.63) is 47.7 Å². The molecule has 0 saturated carbocycles. The van der Waals surface area contributed by atoms with Crippen LogP contribution in [-0.2, 0) is 4.79 Å². The number of carbonyl (C=O) groups is 1. The number of carbonyl (C=O) groups excluding carboxylic acids is 1. The number of nitrogens with zero attached hydrogens (tertiary/aromatic N) is 2. The molecule has 3 nitrogen and oxygen atoms in total. The minimum atomic E-state index is 0.103. The molecule has 0 bridgehead atoms. The second kappa shape index (κ2) is 7.92. The molecule has 1 aromatic heterocycles. The van der Waals surface area contributed by atoms with Gasteiger partial charge in [0.2, 0.25) is 5.91 Å². The molecule has 0 aliphatic rings. The van der Waals surface area contributed by atoms with Crippen LogP contribution in [0.5, 0.6) is 0 Å². The van der Waals surface area contributed by atoms with E-state index in [-0.39, 0.29) is 11.9 Å². The van der Waals surface area contributed by atoms with Crippen LogP contribution in [0.2, 0.25) is 0 Å². The molecule has 0 fully saturated rings. The summed E-state index contributed by atoms with van der Waals surface area (Å²) in [6.07, 6.45) is 3.48. The average Bonchev–Trinajstić information content (AvgIpc) is 2.91. The van der Waals surface area contributed by atoms with Gasteiger partial charge in [0.1, 0.15) is 0 Å². The van der Waals surface area contributed by atoms with Gasteiger partial charge in [-0.05, 0) is 25.4 Å². The summed E-state index contributed by atoms with van der Waals surface area (Å²) in [4.78, 5) is 17.3. The topological polar surface area (TPSA) is 23.6 Å². The van der Waals surface area contributed by atoms with Crippen molar-refractivity contribution in [2.45, 2.75) is 13.0 Å². The Morgan fingerprint density at radius 1 is 1.42 bits per heavy atom. The molecule has 0 radical (unpaired) electrons. The van der Waals surface area contributed by atoms with Gasteiger partial charge in [0, 0.05) is 24.0 Å². The Kier molecular flexibility index (Phi) is 6.53. The maximum Gasteiger partial charge on any atom is 0.237 e. The molecule has 4 heteroatoms. The summed E-state index contributed by atoms with van der Waals surface area (Å²) in [5, 5.41) is 2.06. The Balaban J connectivity index is 2.59. The highest BCUT2D eigenvalue weighted by atomic mass is 32.1. The Morgan fingerprint density at radius 3 is 2.53 bits per heavy atom. The van der Waals surface area contributed by atoms with Crippen LogP contribution in [0.3, 0.4) is 0 Å². The van der Waals surface area contributed by atoms with Gasteiger partial charge in [0.05, 0.1) is 6.54 Å². The predicted molar refractivity (Wildman–Crippen MR) is 82.3 cm³/mol. The third-order valence-corrected chi connectivity index (χ3v) is 4.10. The Morgan fingerprint density at radius 2 is 2.05 bits per heavy atom. The summed E-state index contributed by atoms with van der Waals surface area (Å²) < 4.78 is 0. The van der Waals surface area contributed by atoms with Gasteiger partial charge in [-0.25, -0.2) is 0 Å². The molecule has 0 aliphatic heterocycles. The minimum absolute atomic E-state index is 0.103. The SMILES string of the molecule is C=CCN(CC=C)C(=O)CN(C)C(C)c1cccs1. The molecule has 0 N–H and O–H groups in total. The molecular formula is C15H22N2OS. The summed E-state index contributed by atoms with van der Waals surface area (Å²) in [5.74, 6) is 0.103. The van der Waals surface area contributed by atoms with Crippen LogP contribution in [-0.4, -0.2) is 42.4 Å². The lowest BCUT2D eigenvalue weighted by Gasteiger charge is -2.27. The normalized spacial score (nSPS) is 12.2. The number of likely N-dealkylation sites (N-methyl/N-ethyl adjacent to an activating group) is 1. The zero-order valence-electron chi connectivity index (χ0n) is 11.7. The van der Waals surface area contributed by atoms with E-state index in [0.717, 1.165) is 0 Å². The number of thiophene rings is 1. The molecule has 0 aromatic carbocycles. The van der Waals surface area contributed by atoms with Crippen molar-refractivity contribution in [2.75, 3.05) is 26.7 Å². The van der Waals surface area contributed by atoms with Gasteiger partial charge >= 0.3 is 0 Å². The summed E-state index contributed by atoms with van der Waals surface area (Å²) >= 11 is 1.72. The molecule has 0 saturated heterocycles. The number of hydrogen-bond donors (Lipinski definition) is 0. The van der Waals surface area contributed by atoms with Gasteiger partial charge in [0.15, 0.2) is 0 Å². The first-order chi connectivity index (χ1) is 9.10. The second-order valence-corrected chi connectivity index (χ2v) is 5.46. The zero-order valence-corrected chi connectivity index (χ0v) is 12.5. The Hall–Kier alpha value is -1.39. The first-order valence-corrected chi connectivity index (χ1v) is 7.21. The third kappa shape index (κ3) is 4.65. The van der Waals surface area contributed by atoms with Gasteiger partial charge in [-0.2, -0.15) is 0 Å². The standard InChI is InChI=1S/C15H22N2OS/c1-5-9-17(10-6-2)15(18)12-16(4)13(3)14-8-7-11-19-14/h5-8,11,13H,1-2,9-10,12H2,3-4H3. The predicted octanol–water partition coefficient (Wildman–Crippen LogP) is 2.94. The first kappa shape index (κ1) is 15.7. The van der Waals surface area contributed by atoms with Crippen molar-refractivity contribution in [3.8, 4) is 0 Å². The van der Waals surface area contributed by atoms with E-state index < -0.39 is 0 Å². The maximum atomic E-state index is 12.2. The van der Waals surface area contributed by atoms with Gasteiger partial charge in [-0.15, -0.1) is 24.5 Å². The van der Waals surface area contributed by atoms with E-state index in [1.165, 1.54) is 4.88 Å². The molecular weight excluding hydrogens is 256 g/mol. The van der Waals surface area contributed by atoms with Crippen LogP contribution in [0.4, 0.5) is 0 Å². The largest absolute Gasteiger partial charge is 0.334 e. The van der Waals surface area contributed by atoms with Gasteiger partial charge in [-0.1, -0.05) is 18.2 Å². The van der Waals surface area contributed by atoms with E-state index in [2.05, 4.69) is 36.4 Å². The zero-order chi connectivity index (χ0) is 14.3. The van der Waals surface area contributed by atoms with Crippen molar-refractivity contribution in [3.63, 3.8) is 0 Å². The fourth-order valence-electron chi connectivity index (χ4n) is 1.79. The first-order valence-electron chi connectivity index (χ1n) is 6.33. The van der Waals surface area contributed by atoms with Gasteiger partial charge < -0.3 is 4.90 Å². The van der Waals surface area contributed by atoms with Crippen molar-refractivity contribution >= 4 is 17.2 Å². The lowest BCUT2D eigenvalue weighted by molar-refractivity contribution is -0.131. The quantitative estimate of drug-likeness (QED) is 0.683. The van der Waals surface area contributed by atoms with E-state index in [0.29, 0.717) is 19.6 Å². The van der Waals surface area contributed by atoms with Crippen LogP contribution in [0.1, 0.15) is 17.8 Å². The van der Waals surface area contributed by atoms with E-state index in [1.54, 1.807) is 28.4 Å². The highest BCUT2D eigenvalue weighted by Crippen LogP contribution is 2.23. The van der Waals surface area contributed by atoms with Crippen molar-refractivity contribution in [1.82, 2.24) is 9.80 Å². The van der Waals surface area contributed by atoms with Crippen LogP contribution >= 0.6 is 11.3 Å². The lowest BCUT2D eigenvalue weighted by atomic mass is 10.2. The van der Waals surface area contributed by atoms with Crippen molar-refractivity contribution in [1.29, 1.82) is 0 Å². The summed E-state index contributed by atoms with van der Waals surface area (Å²) in [6.45, 7) is 11.0. The van der Waals surface area contributed by atoms with Crippen LogP contribution in [0.15, 0.2) is 42.8 Å². The Labute approximate surface area is 119 Å². The molecule has 1 unspecified atom stereocenters. The van der Waals surface area contributed by atoms with Crippen molar-refractivity contribution < 1.29 is 4.79 Å². The minimum Gasteiger partial charge on any atom is -0.334 e. The highest BCUT2D eigenvalue weighted by molar-refractivity contribution is 7.10. The fraction of sp³-hybridized carbons (Fsp3) is 0.400. The number of amides is 1. The molecule has 104 valence electrons. The lowest BCUT2D eigenvalue weighted by Crippen LogP contribution is -2.39. The van der Waals surface area contributed by atoms with Crippen LogP contribution < -0.4 is 0 Å². The molecule has 19 heavy (non-hydrogen) atoms. The third-order valence-electron chi connectivity index (χ3n) is 3.05. The fourth-order valence-corrected chi connectivity index (χ4v) is 2.63. The van der Waals surface area contributed by atoms with E-state index >= 15 is 0 Å². The summed E-state index contributed by atoms with van der Waals surface area (Å²) in [6, 6.07) is 4.38. The monoisotopic (exact) mass is 278 g/mol. The molecule has 1 amide bonds. The maximum absolute atomic E-state index is 12.2. The van der Waals surface area contributed by atoms with E-state index in [9.17, 15) is 4.79 Å². The number of rotatable bonds is 8. The van der Waals surface area contributed by atoms with Crippen LogP contribution in [0, 0.1) is 0 Å². The molecule has 1 atom stereocenters. The van der Waals surface area contributed by atoms with E-state index in [4.69, 9.17) is 0 Å². The molecule has 0 aliphatic carbocycles. The highest BCUT2D eigenvalue weighted by Gasteiger charge is 2.18. The molecule has 1 heterocycles. The van der Waals surface area contributed by atoms with E-state index in [1.807, 2.05) is 13.1 Å². The number of hydrogen-bond acceptors (Lipinski definition) is 3. The Bertz CT molecular complexity index is 404. The van der Waals surface area contributed by atoms with Crippen molar-refractivity contribution in [2.24, 2.45) is 0 Å². The van der Waals surface area contributed by atoms with Gasteiger partial charge in [0.25, 0.3) is 0 Å². The van der Waals surface area contributed by atoms with Crippen LogP contribution in [0.25, 0.3) is 0 Å². The van der Waals surface area contributed by atoms with Gasteiger partial charge in [-0.3, -0.25) is 9.69 Å². The smallest absolute Gasteiger partial charge is 0.237 e. The second-order valence-electron chi connectivity index (χ2n) is 4.48. The molecule has 1 rings (SSSR count). The molecule has 1 aromatic rings. The molecule has 0 spiro atoms. The summed E-state index contributed by atoms with van der Waals surface area (Å²) in [7, 11) is 1.97.